The molecule has 1 aliphatic heterocycles. The molecule has 1 fully saturated rings. The summed E-state index contributed by atoms with van der Waals surface area (Å²) < 4.78 is 0. The van der Waals surface area contributed by atoms with Crippen LogP contribution in [0.5, 0.6) is 0 Å². The van der Waals surface area contributed by atoms with Crippen LogP contribution in [0.25, 0.3) is 0 Å². The number of benzene rings is 1. The lowest BCUT2D eigenvalue weighted by Gasteiger charge is -2.28. The van der Waals surface area contributed by atoms with E-state index >= 15 is 0 Å². The molecule has 0 spiro atoms. The molecule has 1 atom stereocenters. The molecule has 0 amide bonds. The number of carbonyl (C=O) groups is 1. The van der Waals surface area contributed by atoms with E-state index in [1.54, 1.807) is 0 Å². The Morgan fingerprint density at radius 1 is 1.22 bits per heavy atom. The molecule has 1 aromatic rings. The zero-order valence-corrected chi connectivity index (χ0v) is 10.5. The second kappa shape index (κ2) is 5.87. The lowest BCUT2D eigenvalue weighted by Crippen LogP contribution is -2.32. The lowest BCUT2D eigenvalue weighted by molar-refractivity contribution is -0.138. The lowest BCUT2D eigenvalue weighted by atomic mass is 10.1. The van der Waals surface area contributed by atoms with E-state index in [0.717, 1.165) is 18.7 Å². The van der Waals surface area contributed by atoms with Gasteiger partial charge in [-0.1, -0.05) is 12.1 Å². The van der Waals surface area contributed by atoms with E-state index in [2.05, 4.69) is 17.0 Å². The third-order valence-electron chi connectivity index (χ3n) is 3.43. The topological polar surface area (TPSA) is 66.6 Å². The number of rotatable bonds is 4. The molecule has 1 saturated heterocycles. The fourth-order valence-electron chi connectivity index (χ4n) is 2.34. The first-order valence-electron chi connectivity index (χ1n) is 6.49. The largest absolute Gasteiger partial charge is 0.480 e. The van der Waals surface area contributed by atoms with Crippen LogP contribution in [0.1, 0.15) is 24.8 Å². The van der Waals surface area contributed by atoms with Crippen LogP contribution in [0, 0.1) is 0 Å². The summed E-state index contributed by atoms with van der Waals surface area (Å²) in [6, 6.07) is 7.27. The SMILES string of the molecule is NC(Cc1ccc(N2CCCCC2)cc1)C(=O)O. The van der Waals surface area contributed by atoms with E-state index in [1.165, 1.54) is 24.9 Å². The maximum atomic E-state index is 10.7. The van der Waals surface area contributed by atoms with Gasteiger partial charge in [-0.2, -0.15) is 0 Å². The van der Waals surface area contributed by atoms with E-state index < -0.39 is 12.0 Å². The third-order valence-corrected chi connectivity index (χ3v) is 3.43. The molecule has 2 rings (SSSR count). The van der Waals surface area contributed by atoms with Gasteiger partial charge < -0.3 is 15.7 Å². The van der Waals surface area contributed by atoms with Gasteiger partial charge in [-0.05, 0) is 43.4 Å². The number of anilines is 1. The molecule has 0 aromatic heterocycles. The van der Waals surface area contributed by atoms with Gasteiger partial charge in [0.1, 0.15) is 6.04 Å². The third kappa shape index (κ3) is 3.23. The predicted octanol–water partition coefficient (Wildman–Crippen LogP) is 1.63. The molecule has 98 valence electrons. The van der Waals surface area contributed by atoms with E-state index in [4.69, 9.17) is 10.8 Å². The van der Waals surface area contributed by atoms with Crippen LogP contribution >= 0.6 is 0 Å². The van der Waals surface area contributed by atoms with Crippen LogP contribution < -0.4 is 10.6 Å². The fourth-order valence-corrected chi connectivity index (χ4v) is 2.34. The standard InChI is InChI=1S/C14H20N2O2/c15-13(14(17)18)10-11-4-6-12(7-5-11)16-8-2-1-3-9-16/h4-7,13H,1-3,8-10,15H2,(H,17,18). The van der Waals surface area contributed by atoms with Crippen molar-refractivity contribution < 1.29 is 9.90 Å². The first-order valence-corrected chi connectivity index (χ1v) is 6.49. The van der Waals surface area contributed by atoms with Gasteiger partial charge in [-0.15, -0.1) is 0 Å². The molecule has 1 heterocycles. The maximum Gasteiger partial charge on any atom is 0.320 e. The van der Waals surface area contributed by atoms with Crippen molar-refractivity contribution in [2.24, 2.45) is 5.73 Å². The average molecular weight is 248 g/mol. The second-order valence-corrected chi connectivity index (χ2v) is 4.86. The molecule has 3 N–H and O–H groups in total. The summed E-state index contributed by atoms with van der Waals surface area (Å²) in [5.74, 6) is -0.949. The van der Waals surface area contributed by atoms with E-state index in [1.807, 2.05) is 12.1 Å². The number of aliphatic carboxylic acids is 1. The number of piperidine rings is 1. The Labute approximate surface area is 107 Å². The van der Waals surface area contributed by atoms with Gasteiger partial charge >= 0.3 is 5.97 Å². The highest BCUT2D eigenvalue weighted by molar-refractivity contribution is 5.73. The highest BCUT2D eigenvalue weighted by Crippen LogP contribution is 2.20. The predicted molar refractivity (Wildman–Crippen MR) is 71.8 cm³/mol. The summed E-state index contributed by atoms with van der Waals surface area (Å²) in [5.41, 5.74) is 7.72. The molecule has 4 nitrogen and oxygen atoms in total. The van der Waals surface area contributed by atoms with Crippen LogP contribution in [0.15, 0.2) is 24.3 Å². The summed E-state index contributed by atoms with van der Waals surface area (Å²) in [7, 11) is 0. The number of nitrogens with two attached hydrogens (primary N) is 1. The van der Waals surface area contributed by atoms with Crippen molar-refractivity contribution in [1.82, 2.24) is 0 Å². The molecule has 0 radical (unpaired) electrons. The van der Waals surface area contributed by atoms with E-state index in [0.29, 0.717) is 6.42 Å². The Morgan fingerprint density at radius 2 is 1.83 bits per heavy atom. The van der Waals surface area contributed by atoms with Crippen molar-refractivity contribution in [3.63, 3.8) is 0 Å². The van der Waals surface area contributed by atoms with Gasteiger partial charge in [0.15, 0.2) is 0 Å². The average Bonchev–Trinajstić information content (AvgIpc) is 2.40. The smallest absolute Gasteiger partial charge is 0.320 e. The minimum atomic E-state index is -0.949. The number of carboxylic acid groups (broad SMARTS) is 1. The minimum absolute atomic E-state index is 0.385. The number of carboxylic acids is 1. The summed E-state index contributed by atoms with van der Waals surface area (Å²) in [5, 5.41) is 8.77. The van der Waals surface area contributed by atoms with Gasteiger partial charge in [0.05, 0.1) is 0 Å². The molecule has 1 aromatic carbocycles. The van der Waals surface area contributed by atoms with Gasteiger partial charge in [-0.3, -0.25) is 4.79 Å². The van der Waals surface area contributed by atoms with Crippen LogP contribution in [-0.4, -0.2) is 30.2 Å². The molecule has 0 saturated carbocycles. The number of nitrogens with zero attached hydrogens (tertiary/aromatic N) is 1. The molecule has 1 unspecified atom stereocenters. The Morgan fingerprint density at radius 3 is 2.39 bits per heavy atom. The first kappa shape index (κ1) is 12.9. The molecule has 4 heteroatoms. The molecule has 0 aliphatic carbocycles. The number of hydrogen-bond donors (Lipinski definition) is 2. The second-order valence-electron chi connectivity index (χ2n) is 4.86. The molecule has 0 bridgehead atoms. The Bertz CT molecular complexity index is 397. The van der Waals surface area contributed by atoms with E-state index in [9.17, 15) is 4.79 Å². The van der Waals surface area contributed by atoms with Crippen molar-refractivity contribution in [2.75, 3.05) is 18.0 Å². The number of hydrogen-bond acceptors (Lipinski definition) is 3. The summed E-state index contributed by atoms with van der Waals surface area (Å²) >= 11 is 0. The van der Waals surface area contributed by atoms with Crippen molar-refractivity contribution in [3.05, 3.63) is 29.8 Å². The zero-order valence-electron chi connectivity index (χ0n) is 10.5. The van der Waals surface area contributed by atoms with Crippen molar-refractivity contribution >= 4 is 11.7 Å². The summed E-state index contributed by atoms with van der Waals surface area (Å²) in [6.45, 7) is 2.24. The van der Waals surface area contributed by atoms with Crippen molar-refractivity contribution in [1.29, 1.82) is 0 Å². The van der Waals surface area contributed by atoms with Crippen molar-refractivity contribution in [3.8, 4) is 0 Å². The van der Waals surface area contributed by atoms with Gasteiger partial charge in [0.2, 0.25) is 0 Å². The summed E-state index contributed by atoms with van der Waals surface area (Å²) in [6.07, 6.45) is 4.22. The first-order chi connectivity index (χ1) is 8.66. The van der Waals surface area contributed by atoms with Gasteiger partial charge in [0.25, 0.3) is 0 Å². The molecule has 18 heavy (non-hydrogen) atoms. The van der Waals surface area contributed by atoms with Crippen molar-refractivity contribution in [2.45, 2.75) is 31.7 Å². The molecular weight excluding hydrogens is 228 g/mol. The Balaban J connectivity index is 1.98. The monoisotopic (exact) mass is 248 g/mol. The molecular formula is C14H20N2O2. The Hall–Kier alpha value is -1.55. The zero-order chi connectivity index (χ0) is 13.0. The Kier molecular flexibility index (Phi) is 4.20. The molecule has 1 aliphatic rings. The fraction of sp³-hybridized carbons (Fsp3) is 0.500. The van der Waals surface area contributed by atoms with Crippen LogP contribution in [0.3, 0.4) is 0 Å². The van der Waals surface area contributed by atoms with Crippen LogP contribution in [-0.2, 0) is 11.2 Å². The van der Waals surface area contributed by atoms with Crippen LogP contribution in [0.4, 0.5) is 5.69 Å². The van der Waals surface area contributed by atoms with Gasteiger partial charge in [-0.25, -0.2) is 0 Å². The summed E-state index contributed by atoms with van der Waals surface area (Å²) in [4.78, 5) is 13.1. The highest BCUT2D eigenvalue weighted by atomic mass is 16.4. The maximum absolute atomic E-state index is 10.7. The normalized spacial score (nSPS) is 17.5. The highest BCUT2D eigenvalue weighted by Gasteiger charge is 2.13. The quantitative estimate of drug-likeness (QED) is 0.850. The van der Waals surface area contributed by atoms with Crippen LogP contribution in [0.2, 0.25) is 0 Å². The minimum Gasteiger partial charge on any atom is -0.480 e. The van der Waals surface area contributed by atoms with E-state index in [-0.39, 0.29) is 0 Å². The van der Waals surface area contributed by atoms with Gasteiger partial charge in [0, 0.05) is 18.8 Å².